The van der Waals surface area contributed by atoms with Crippen LogP contribution in [0.3, 0.4) is 0 Å². The summed E-state index contributed by atoms with van der Waals surface area (Å²) in [6, 6.07) is 2.39. The molecule has 0 saturated carbocycles. The molecule has 1 aromatic carbocycles. The van der Waals surface area contributed by atoms with E-state index in [1.165, 1.54) is 6.07 Å². The van der Waals surface area contributed by atoms with Crippen molar-refractivity contribution in [3.05, 3.63) is 34.4 Å². The van der Waals surface area contributed by atoms with Crippen molar-refractivity contribution in [1.82, 2.24) is 0 Å². The molecule has 116 valence electrons. The van der Waals surface area contributed by atoms with E-state index in [2.05, 4.69) is 0 Å². The van der Waals surface area contributed by atoms with Crippen LogP contribution in [-0.2, 0) is 19.0 Å². The smallest absolute Gasteiger partial charge is 0.294 e. The van der Waals surface area contributed by atoms with Crippen molar-refractivity contribution in [2.24, 2.45) is 5.92 Å². The van der Waals surface area contributed by atoms with E-state index in [1.807, 2.05) is 6.92 Å². The highest BCUT2D eigenvalue weighted by molar-refractivity contribution is 6.20. The molecule has 0 radical (unpaired) electrons. The molecule has 0 fully saturated rings. The van der Waals surface area contributed by atoms with E-state index in [4.69, 9.17) is 11.6 Å². The molecule has 1 nitrogen and oxygen atoms in total. The number of benzene rings is 1. The molecule has 0 N–H and O–H groups in total. The van der Waals surface area contributed by atoms with Crippen molar-refractivity contribution in [3.63, 3.8) is 0 Å². The van der Waals surface area contributed by atoms with Gasteiger partial charge in [0.1, 0.15) is 0 Å². The molecule has 1 unspecified atom stereocenters. The summed E-state index contributed by atoms with van der Waals surface area (Å²) in [5.41, 5.74) is 0.742. The maximum absolute atomic E-state index is 13.1. The van der Waals surface area contributed by atoms with Gasteiger partial charge >= 0.3 is 6.18 Å². The first-order valence-electron chi connectivity index (χ1n) is 7.22. The highest BCUT2D eigenvalue weighted by Crippen LogP contribution is 2.38. The van der Waals surface area contributed by atoms with Crippen molar-refractivity contribution >= 4 is 17.4 Å². The van der Waals surface area contributed by atoms with Gasteiger partial charge in [-0.2, -0.15) is 13.2 Å². The van der Waals surface area contributed by atoms with Gasteiger partial charge in [-0.05, 0) is 49.3 Å². The van der Waals surface area contributed by atoms with Crippen LogP contribution in [0.1, 0.15) is 53.2 Å². The van der Waals surface area contributed by atoms with Crippen molar-refractivity contribution in [2.45, 2.75) is 45.2 Å². The third kappa shape index (κ3) is 3.25. The summed E-state index contributed by atoms with van der Waals surface area (Å²) in [7, 11) is 0. The van der Waals surface area contributed by atoms with E-state index >= 15 is 0 Å². The van der Waals surface area contributed by atoms with Gasteiger partial charge in [-0.3, -0.25) is 4.79 Å². The zero-order chi connectivity index (χ0) is 15.6. The Balaban J connectivity index is 2.52. The van der Waals surface area contributed by atoms with Crippen LogP contribution in [0.15, 0.2) is 12.1 Å². The van der Waals surface area contributed by atoms with Gasteiger partial charge in [-0.1, -0.05) is 13.0 Å². The Hall–Kier alpha value is -1.03. The van der Waals surface area contributed by atoms with E-state index in [0.29, 0.717) is 36.0 Å². The lowest BCUT2D eigenvalue weighted by molar-refractivity contribution is -0.138. The quantitative estimate of drug-likeness (QED) is 0.562. The summed E-state index contributed by atoms with van der Waals surface area (Å²) in [6.07, 6.45) is -1.27. The van der Waals surface area contributed by atoms with Crippen molar-refractivity contribution in [2.75, 3.05) is 5.88 Å². The van der Waals surface area contributed by atoms with Gasteiger partial charge in [-0.25, -0.2) is 0 Å². The average Bonchev–Trinajstić information content (AvgIpc) is 2.46. The Labute approximate surface area is 127 Å². The monoisotopic (exact) mass is 318 g/mol. The minimum atomic E-state index is -4.36. The van der Waals surface area contributed by atoms with Crippen LogP contribution in [-0.4, -0.2) is 11.7 Å². The lowest BCUT2D eigenvalue weighted by atomic mass is 9.82. The number of carbonyl (C=O) groups is 1. The first-order chi connectivity index (χ1) is 9.90. The fourth-order valence-corrected chi connectivity index (χ4v) is 3.31. The molecule has 1 aliphatic rings. The van der Waals surface area contributed by atoms with Crippen LogP contribution in [0.4, 0.5) is 13.2 Å². The van der Waals surface area contributed by atoms with E-state index < -0.39 is 11.7 Å². The summed E-state index contributed by atoms with van der Waals surface area (Å²) in [6.45, 7) is 1.86. The largest absolute Gasteiger partial charge is 0.416 e. The van der Waals surface area contributed by atoms with Crippen molar-refractivity contribution in [3.8, 4) is 0 Å². The second kappa shape index (κ2) is 6.39. The Morgan fingerprint density at radius 1 is 1.24 bits per heavy atom. The van der Waals surface area contributed by atoms with Crippen LogP contribution in [0.25, 0.3) is 0 Å². The topological polar surface area (TPSA) is 17.1 Å². The highest BCUT2D eigenvalue weighted by atomic mass is 35.5. The van der Waals surface area contributed by atoms with Crippen LogP contribution in [0, 0.1) is 5.92 Å². The van der Waals surface area contributed by atoms with Crippen LogP contribution in [0.5, 0.6) is 0 Å². The molecule has 0 aromatic heterocycles. The van der Waals surface area contributed by atoms with E-state index in [9.17, 15) is 18.0 Å². The minimum Gasteiger partial charge on any atom is -0.294 e. The Kier molecular flexibility index (Phi) is 4.97. The maximum Gasteiger partial charge on any atom is 0.416 e. The molecule has 5 heteroatoms. The van der Waals surface area contributed by atoms with Crippen LogP contribution in [0.2, 0.25) is 0 Å². The molecular formula is C16H18ClF3O. The van der Waals surface area contributed by atoms with Crippen molar-refractivity contribution < 1.29 is 18.0 Å². The molecule has 1 aromatic rings. The number of fused-ring (bicyclic) bond motifs is 1. The first kappa shape index (κ1) is 16.3. The van der Waals surface area contributed by atoms with Gasteiger partial charge < -0.3 is 0 Å². The summed E-state index contributed by atoms with van der Waals surface area (Å²) < 4.78 is 39.3. The molecule has 0 heterocycles. The molecule has 0 amide bonds. The second-order valence-corrected chi connectivity index (χ2v) is 5.75. The first-order valence-corrected chi connectivity index (χ1v) is 7.75. The number of Topliss-reactive ketones (excluding diaryl/α,β-unsaturated/α-hetero) is 1. The molecule has 1 atom stereocenters. The van der Waals surface area contributed by atoms with Gasteiger partial charge in [0, 0.05) is 17.4 Å². The van der Waals surface area contributed by atoms with Gasteiger partial charge in [0.15, 0.2) is 5.78 Å². The highest BCUT2D eigenvalue weighted by Gasteiger charge is 2.36. The number of rotatable bonds is 4. The van der Waals surface area contributed by atoms with E-state index in [1.54, 1.807) is 0 Å². The molecule has 0 saturated heterocycles. The maximum atomic E-state index is 13.1. The van der Waals surface area contributed by atoms with Gasteiger partial charge in [0.2, 0.25) is 0 Å². The van der Waals surface area contributed by atoms with Crippen LogP contribution >= 0.6 is 11.6 Å². The lowest BCUT2D eigenvalue weighted by Gasteiger charge is -2.24. The predicted molar refractivity (Wildman–Crippen MR) is 76.9 cm³/mol. The number of hydrogen-bond donors (Lipinski definition) is 0. The average molecular weight is 319 g/mol. The second-order valence-electron chi connectivity index (χ2n) is 5.45. The number of ketones is 1. The molecule has 1 aliphatic carbocycles. The fourth-order valence-electron chi connectivity index (χ4n) is 2.95. The Morgan fingerprint density at radius 2 is 1.86 bits per heavy atom. The summed E-state index contributed by atoms with van der Waals surface area (Å²) in [5.74, 6) is -0.251. The predicted octanol–water partition coefficient (Wildman–Crippen LogP) is 5.03. The zero-order valence-corrected chi connectivity index (χ0v) is 12.7. The molecule has 0 aliphatic heterocycles. The molecular weight excluding hydrogens is 301 g/mol. The van der Waals surface area contributed by atoms with Gasteiger partial charge in [0.25, 0.3) is 0 Å². The standard InChI is InChI=1S/C16H18ClF3O/c1-2-10(9-17)15(21)13-7-8-14(16(18,19)20)12-6-4-3-5-11(12)13/h7-8,10H,2-6,9H2,1H3. The number of alkyl halides is 4. The van der Waals surface area contributed by atoms with E-state index in [-0.39, 0.29) is 17.6 Å². The fraction of sp³-hybridized carbons (Fsp3) is 0.562. The van der Waals surface area contributed by atoms with Crippen LogP contribution < -0.4 is 0 Å². The number of hydrogen-bond acceptors (Lipinski definition) is 1. The molecule has 0 spiro atoms. The number of carbonyl (C=O) groups excluding carboxylic acids is 1. The molecule has 21 heavy (non-hydrogen) atoms. The third-order valence-corrected chi connectivity index (χ3v) is 4.53. The normalized spacial score (nSPS) is 16.4. The summed E-state index contributed by atoms with van der Waals surface area (Å²) in [5, 5.41) is 0. The van der Waals surface area contributed by atoms with Gasteiger partial charge in [-0.15, -0.1) is 11.6 Å². The Bertz CT molecular complexity index is 533. The van der Waals surface area contributed by atoms with Gasteiger partial charge in [0.05, 0.1) is 5.56 Å². The minimum absolute atomic E-state index is 0.126. The lowest BCUT2D eigenvalue weighted by Crippen LogP contribution is -2.22. The number of halogens is 4. The molecule has 2 rings (SSSR count). The summed E-state index contributed by atoms with van der Waals surface area (Å²) >= 11 is 5.80. The van der Waals surface area contributed by atoms with Crippen molar-refractivity contribution in [1.29, 1.82) is 0 Å². The zero-order valence-electron chi connectivity index (χ0n) is 11.9. The Morgan fingerprint density at radius 3 is 2.38 bits per heavy atom. The summed E-state index contributed by atoms with van der Waals surface area (Å²) in [4.78, 5) is 12.5. The third-order valence-electron chi connectivity index (χ3n) is 4.16. The molecule has 0 bridgehead atoms. The van der Waals surface area contributed by atoms with E-state index in [0.717, 1.165) is 18.9 Å². The SMILES string of the molecule is CCC(CCl)C(=O)c1ccc(C(F)(F)F)c2c1CCCC2.